The Bertz CT molecular complexity index is 495. The van der Waals surface area contributed by atoms with E-state index in [1.165, 1.54) is 70.0 Å². The maximum absolute atomic E-state index is 4.36. The van der Waals surface area contributed by atoms with Gasteiger partial charge in [0.1, 0.15) is 0 Å². The van der Waals surface area contributed by atoms with Gasteiger partial charge < -0.3 is 5.32 Å². The van der Waals surface area contributed by atoms with Crippen LogP contribution in [0.5, 0.6) is 0 Å². The van der Waals surface area contributed by atoms with Gasteiger partial charge >= 0.3 is 0 Å². The van der Waals surface area contributed by atoms with E-state index in [4.69, 9.17) is 0 Å². The van der Waals surface area contributed by atoms with Crippen LogP contribution in [-0.2, 0) is 13.6 Å². The SMILES string of the molecule is Cn1cc(CN2CC3(CCCC3)NCC23CCCC3)cn1. The maximum atomic E-state index is 4.36. The van der Waals surface area contributed by atoms with Gasteiger partial charge in [-0.3, -0.25) is 9.58 Å². The zero-order chi connectivity index (χ0) is 14.3. The molecule has 1 aromatic rings. The molecule has 2 heterocycles. The van der Waals surface area contributed by atoms with Crippen molar-refractivity contribution in [1.29, 1.82) is 0 Å². The summed E-state index contributed by atoms with van der Waals surface area (Å²) in [5.41, 5.74) is 2.21. The van der Waals surface area contributed by atoms with Crippen LogP contribution in [0.4, 0.5) is 0 Å². The highest BCUT2D eigenvalue weighted by Crippen LogP contribution is 2.43. The van der Waals surface area contributed by atoms with Crippen molar-refractivity contribution in [2.24, 2.45) is 7.05 Å². The number of hydrogen-bond acceptors (Lipinski definition) is 3. The normalized spacial score (nSPS) is 27.9. The molecule has 0 atom stereocenters. The van der Waals surface area contributed by atoms with Crippen LogP contribution in [0, 0.1) is 0 Å². The van der Waals surface area contributed by atoms with E-state index in [9.17, 15) is 0 Å². The first kappa shape index (κ1) is 13.8. The molecule has 4 heteroatoms. The summed E-state index contributed by atoms with van der Waals surface area (Å²) in [6.07, 6.45) is 15.3. The Labute approximate surface area is 127 Å². The Balaban J connectivity index is 1.57. The van der Waals surface area contributed by atoms with E-state index >= 15 is 0 Å². The molecule has 1 N–H and O–H groups in total. The Hall–Kier alpha value is -0.870. The molecule has 2 saturated carbocycles. The lowest BCUT2D eigenvalue weighted by atomic mass is 9.84. The van der Waals surface area contributed by atoms with Crippen LogP contribution in [0.2, 0.25) is 0 Å². The standard InChI is InChI=1S/C17H28N4/c1-20-11-15(10-19-20)12-21-14-16(6-2-3-7-16)18-13-17(21)8-4-5-9-17/h10-11,18H,2-9,12-14H2,1H3. The highest BCUT2D eigenvalue weighted by atomic mass is 15.3. The molecule has 1 aromatic heterocycles. The number of aromatic nitrogens is 2. The second-order valence-corrected chi connectivity index (χ2v) is 7.65. The summed E-state index contributed by atoms with van der Waals surface area (Å²) >= 11 is 0. The minimum atomic E-state index is 0.413. The summed E-state index contributed by atoms with van der Waals surface area (Å²) in [5.74, 6) is 0. The predicted octanol–water partition coefficient (Wildman–Crippen LogP) is 2.45. The van der Waals surface area contributed by atoms with E-state index in [0.717, 1.165) is 6.54 Å². The lowest BCUT2D eigenvalue weighted by molar-refractivity contribution is 0.00274. The monoisotopic (exact) mass is 288 g/mol. The molecule has 116 valence electrons. The van der Waals surface area contributed by atoms with Gasteiger partial charge in [-0.25, -0.2) is 0 Å². The van der Waals surface area contributed by atoms with Gasteiger partial charge in [0, 0.05) is 49.5 Å². The Morgan fingerprint density at radius 2 is 1.86 bits per heavy atom. The quantitative estimate of drug-likeness (QED) is 0.907. The topological polar surface area (TPSA) is 33.1 Å². The molecule has 0 radical (unpaired) electrons. The minimum Gasteiger partial charge on any atom is -0.308 e. The summed E-state index contributed by atoms with van der Waals surface area (Å²) in [6.45, 7) is 3.52. The van der Waals surface area contributed by atoms with Crippen molar-refractivity contribution >= 4 is 0 Å². The zero-order valence-corrected chi connectivity index (χ0v) is 13.3. The van der Waals surface area contributed by atoms with Gasteiger partial charge in [-0.05, 0) is 25.7 Å². The van der Waals surface area contributed by atoms with Crippen molar-refractivity contribution in [1.82, 2.24) is 20.0 Å². The first-order valence-corrected chi connectivity index (χ1v) is 8.68. The Kier molecular flexibility index (Phi) is 3.34. The number of nitrogens with one attached hydrogen (secondary N) is 1. The highest BCUT2D eigenvalue weighted by molar-refractivity contribution is 5.12. The van der Waals surface area contributed by atoms with Gasteiger partial charge in [0.2, 0.25) is 0 Å². The van der Waals surface area contributed by atoms with Crippen molar-refractivity contribution in [3.8, 4) is 0 Å². The van der Waals surface area contributed by atoms with Gasteiger partial charge in [0.25, 0.3) is 0 Å². The summed E-state index contributed by atoms with van der Waals surface area (Å²) in [4.78, 5) is 2.82. The Morgan fingerprint density at radius 1 is 1.14 bits per heavy atom. The zero-order valence-electron chi connectivity index (χ0n) is 13.3. The molecule has 3 fully saturated rings. The predicted molar refractivity (Wildman–Crippen MR) is 84.0 cm³/mol. The second-order valence-electron chi connectivity index (χ2n) is 7.65. The van der Waals surface area contributed by atoms with Crippen LogP contribution in [0.25, 0.3) is 0 Å². The van der Waals surface area contributed by atoms with Crippen molar-refractivity contribution in [2.75, 3.05) is 13.1 Å². The largest absolute Gasteiger partial charge is 0.308 e. The fourth-order valence-electron chi connectivity index (χ4n) is 4.96. The van der Waals surface area contributed by atoms with Gasteiger partial charge in [-0.1, -0.05) is 25.7 Å². The molecule has 2 spiro atoms. The van der Waals surface area contributed by atoms with Gasteiger partial charge in [-0.15, -0.1) is 0 Å². The number of nitrogens with zero attached hydrogens (tertiary/aromatic N) is 3. The minimum absolute atomic E-state index is 0.413. The van der Waals surface area contributed by atoms with E-state index in [2.05, 4.69) is 21.5 Å². The van der Waals surface area contributed by atoms with Crippen molar-refractivity contribution in [3.63, 3.8) is 0 Å². The average molecular weight is 288 g/mol. The van der Waals surface area contributed by atoms with Gasteiger partial charge in [-0.2, -0.15) is 5.10 Å². The van der Waals surface area contributed by atoms with E-state index in [-0.39, 0.29) is 0 Å². The molecule has 0 unspecified atom stereocenters. The van der Waals surface area contributed by atoms with Crippen LogP contribution in [-0.4, -0.2) is 38.8 Å². The lowest BCUT2D eigenvalue weighted by Gasteiger charge is -2.52. The van der Waals surface area contributed by atoms with Crippen molar-refractivity contribution in [3.05, 3.63) is 18.0 Å². The fraction of sp³-hybridized carbons (Fsp3) is 0.824. The summed E-state index contributed by atoms with van der Waals surface area (Å²) in [7, 11) is 2.02. The molecular formula is C17H28N4. The third-order valence-electron chi connectivity index (χ3n) is 6.18. The summed E-state index contributed by atoms with van der Waals surface area (Å²) < 4.78 is 1.93. The first-order chi connectivity index (χ1) is 10.2. The fourth-order valence-corrected chi connectivity index (χ4v) is 4.96. The molecule has 0 bridgehead atoms. The third kappa shape index (κ3) is 2.42. The van der Waals surface area contributed by atoms with E-state index in [0.29, 0.717) is 11.1 Å². The van der Waals surface area contributed by atoms with Crippen LogP contribution >= 0.6 is 0 Å². The summed E-state index contributed by atoms with van der Waals surface area (Å²) in [6, 6.07) is 0. The van der Waals surface area contributed by atoms with E-state index in [1.807, 2.05) is 17.9 Å². The molecular weight excluding hydrogens is 260 g/mol. The first-order valence-electron chi connectivity index (χ1n) is 8.68. The van der Waals surface area contributed by atoms with Gasteiger partial charge in [0.15, 0.2) is 0 Å². The van der Waals surface area contributed by atoms with Crippen LogP contribution in [0.15, 0.2) is 12.4 Å². The maximum Gasteiger partial charge on any atom is 0.0534 e. The number of aryl methyl sites for hydroxylation is 1. The van der Waals surface area contributed by atoms with Crippen LogP contribution in [0.1, 0.15) is 56.9 Å². The molecule has 1 saturated heterocycles. The molecule has 4 rings (SSSR count). The van der Waals surface area contributed by atoms with Gasteiger partial charge in [0.05, 0.1) is 6.20 Å². The van der Waals surface area contributed by atoms with Crippen molar-refractivity contribution in [2.45, 2.75) is 69.0 Å². The smallest absolute Gasteiger partial charge is 0.0534 e. The molecule has 4 nitrogen and oxygen atoms in total. The van der Waals surface area contributed by atoms with Crippen LogP contribution in [0.3, 0.4) is 0 Å². The molecule has 1 aliphatic heterocycles. The number of hydrogen-bond donors (Lipinski definition) is 1. The van der Waals surface area contributed by atoms with Crippen molar-refractivity contribution < 1.29 is 0 Å². The molecule has 21 heavy (non-hydrogen) atoms. The average Bonchev–Trinajstić information content (AvgIpc) is 3.18. The van der Waals surface area contributed by atoms with E-state index < -0.39 is 0 Å². The third-order valence-corrected chi connectivity index (χ3v) is 6.18. The van der Waals surface area contributed by atoms with E-state index in [1.54, 1.807) is 0 Å². The van der Waals surface area contributed by atoms with Crippen LogP contribution < -0.4 is 5.32 Å². The molecule has 0 amide bonds. The molecule has 2 aliphatic carbocycles. The second kappa shape index (κ2) is 5.10. The molecule has 0 aromatic carbocycles. The number of piperazine rings is 1. The lowest BCUT2D eigenvalue weighted by Crippen LogP contribution is -2.68. The highest BCUT2D eigenvalue weighted by Gasteiger charge is 2.49. The summed E-state index contributed by atoms with van der Waals surface area (Å²) in [5, 5.41) is 8.35. The molecule has 3 aliphatic rings. The Morgan fingerprint density at radius 3 is 2.52 bits per heavy atom. The number of rotatable bonds is 2.